The maximum Gasteiger partial charge on any atom is 0.321 e. The van der Waals surface area contributed by atoms with E-state index in [9.17, 15) is 9.90 Å². The summed E-state index contributed by atoms with van der Waals surface area (Å²) in [5.41, 5.74) is 5.12. The number of carboxylic acid groups (broad SMARTS) is 1. The number of hydrogen-bond donors (Lipinski definition) is 1. The molecule has 1 aromatic heterocycles. The first kappa shape index (κ1) is 28.2. The smallest absolute Gasteiger partial charge is 0.321 e. The number of aromatic nitrogens is 1. The van der Waals surface area contributed by atoms with Crippen molar-refractivity contribution in [3.63, 3.8) is 0 Å². The van der Waals surface area contributed by atoms with Crippen LogP contribution in [0.4, 0.5) is 0 Å². The summed E-state index contributed by atoms with van der Waals surface area (Å²) in [4.78, 5) is 17.5. The number of carboxylic acids is 1. The third-order valence-corrected chi connectivity index (χ3v) is 10.1. The largest absolute Gasteiger partial charge is 0.480 e. The average molecular weight is 556 g/mol. The molecule has 0 bridgehead atoms. The Balaban J connectivity index is 1.09. The van der Waals surface area contributed by atoms with Crippen molar-refractivity contribution in [3.8, 4) is 0 Å². The van der Waals surface area contributed by atoms with Crippen molar-refractivity contribution in [2.45, 2.75) is 75.7 Å². The highest BCUT2D eigenvalue weighted by Gasteiger charge is 2.43. The van der Waals surface area contributed by atoms with Gasteiger partial charge in [0.2, 0.25) is 0 Å². The SMILES string of the molecule is O=C(O)[C@@H](C1CCCCC1)N1C[C@H](CN2CCC(c3nocc3CCc3ccccc3)CC2)[C@@H](c2ccccc2)C1. The van der Waals surface area contributed by atoms with E-state index >= 15 is 0 Å². The summed E-state index contributed by atoms with van der Waals surface area (Å²) in [5, 5.41) is 14.8. The highest BCUT2D eigenvalue weighted by molar-refractivity contribution is 5.74. The monoisotopic (exact) mass is 555 g/mol. The minimum atomic E-state index is -0.624. The van der Waals surface area contributed by atoms with Gasteiger partial charge in [-0.3, -0.25) is 9.69 Å². The Morgan fingerprint density at radius 2 is 1.61 bits per heavy atom. The van der Waals surface area contributed by atoms with Gasteiger partial charge in [0.05, 0.1) is 5.69 Å². The van der Waals surface area contributed by atoms with Crippen LogP contribution in [0.15, 0.2) is 71.4 Å². The van der Waals surface area contributed by atoms with Crippen LogP contribution in [0.2, 0.25) is 0 Å². The van der Waals surface area contributed by atoms with E-state index in [0.29, 0.717) is 17.8 Å². The van der Waals surface area contributed by atoms with Crippen LogP contribution in [-0.4, -0.2) is 64.8 Å². The number of aryl methyl sites for hydroxylation is 2. The van der Waals surface area contributed by atoms with Gasteiger partial charge in [0, 0.05) is 37.0 Å². The molecular formula is C35H45N3O3. The lowest BCUT2D eigenvalue weighted by atomic mass is 9.83. The van der Waals surface area contributed by atoms with Crippen molar-refractivity contribution in [2.24, 2.45) is 11.8 Å². The lowest BCUT2D eigenvalue weighted by Crippen LogP contribution is -2.46. The van der Waals surface area contributed by atoms with E-state index in [0.717, 1.165) is 76.9 Å². The quantitative estimate of drug-likeness (QED) is 0.313. The van der Waals surface area contributed by atoms with Gasteiger partial charge >= 0.3 is 5.97 Å². The first-order chi connectivity index (χ1) is 20.2. The Labute approximate surface area is 244 Å². The van der Waals surface area contributed by atoms with Crippen molar-refractivity contribution in [3.05, 3.63) is 89.3 Å². The minimum absolute atomic E-state index is 0.283. The third kappa shape index (κ3) is 6.76. The summed E-state index contributed by atoms with van der Waals surface area (Å²) < 4.78 is 5.47. The van der Waals surface area contributed by atoms with Crippen molar-refractivity contribution >= 4 is 5.97 Å². The number of aliphatic carboxylic acids is 1. The van der Waals surface area contributed by atoms with E-state index in [-0.39, 0.29) is 12.0 Å². The average Bonchev–Trinajstić information content (AvgIpc) is 3.65. The normalized spacial score (nSPS) is 24.0. The molecule has 3 atom stereocenters. The van der Waals surface area contributed by atoms with Gasteiger partial charge in [-0.15, -0.1) is 0 Å². The molecule has 3 heterocycles. The second-order valence-electron chi connectivity index (χ2n) is 12.7. The van der Waals surface area contributed by atoms with Gasteiger partial charge in [0.1, 0.15) is 12.3 Å². The van der Waals surface area contributed by atoms with Crippen LogP contribution in [0.25, 0.3) is 0 Å². The molecule has 6 rings (SSSR count). The highest BCUT2D eigenvalue weighted by Crippen LogP contribution is 2.39. The van der Waals surface area contributed by atoms with Gasteiger partial charge in [-0.1, -0.05) is 85.1 Å². The van der Waals surface area contributed by atoms with Crippen molar-refractivity contribution in [1.29, 1.82) is 0 Å². The molecule has 2 aliphatic heterocycles. The fourth-order valence-corrected chi connectivity index (χ4v) is 7.93. The zero-order valence-corrected chi connectivity index (χ0v) is 24.2. The Hall–Kier alpha value is -2.96. The minimum Gasteiger partial charge on any atom is -0.480 e. The van der Waals surface area contributed by atoms with E-state index in [1.165, 1.54) is 36.0 Å². The number of nitrogens with zero attached hydrogens (tertiary/aromatic N) is 3. The van der Waals surface area contributed by atoms with E-state index < -0.39 is 5.97 Å². The molecule has 3 aromatic rings. The second-order valence-corrected chi connectivity index (χ2v) is 12.7. The van der Waals surface area contributed by atoms with E-state index in [2.05, 4.69) is 75.6 Å². The van der Waals surface area contributed by atoms with Crippen LogP contribution < -0.4 is 0 Å². The number of benzene rings is 2. The molecule has 3 fully saturated rings. The lowest BCUT2D eigenvalue weighted by molar-refractivity contribution is -0.145. The Morgan fingerprint density at radius 3 is 2.32 bits per heavy atom. The lowest BCUT2D eigenvalue weighted by Gasteiger charge is -2.35. The van der Waals surface area contributed by atoms with Gasteiger partial charge in [0.15, 0.2) is 0 Å². The second kappa shape index (κ2) is 13.3. The van der Waals surface area contributed by atoms with Crippen LogP contribution in [0.1, 0.15) is 79.2 Å². The molecule has 6 heteroatoms. The number of likely N-dealkylation sites (tertiary alicyclic amines) is 2. The number of carbonyl (C=O) groups is 1. The maximum atomic E-state index is 12.6. The third-order valence-electron chi connectivity index (χ3n) is 10.1. The zero-order valence-electron chi connectivity index (χ0n) is 24.2. The molecule has 3 aliphatic rings. The number of hydrogen-bond acceptors (Lipinski definition) is 5. The summed E-state index contributed by atoms with van der Waals surface area (Å²) >= 11 is 0. The molecule has 6 nitrogen and oxygen atoms in total. The van der Waals surface area contributed by atoms with Gasteiger partial charge in [-0.2, -0.15) is 0 Å². The van der Waals surface area contributed by atoms with Crippen LogP contribution in [-0.2, 0) is 17.6 Å². The summed E-state index contributed by atoms with van der Waals surface area (Å²) in [5.74, 6) is 0.919. The van der Waals surface area contributed by atoms with Gasteiger partial charge in [-0.05, 0) is 74.6 Å². The van der Waals surface area contributed by atoms with Gasteiger partial charge in [0.25, 0.3) is 0 Å². The summed E-state index contributed by atoms with van der Waals surface area (Å²) in [6, 6.07) is 21.1. The molecular weight excluding hydrogens is 510 g/mol. The summed E-state index contributed by atoms with van der Waals surface area (Å²) in [6.45, 7) is 4.86. The maximum absolute atomic E-state index is 12.6. The van der Waals surface area contributed by atoms with E-state index in [1.54, 1.807) is 0 Å². The van der Waals surface area contributed by atoms with Crippen molar-refractivity contribution in [2.75, 3.05) is 32.7 Å². The van der Waals surface area contributed by atoms with Gasteiger partial charge < -0.3 is 14.5 Å². The van der Waals surface area contributed by atoms with Crippen LogP contribution in [0.3, 0.4) is 0 Å². The predicted molar refractivity (Wildman–Crippen MR) is 161 cm³/mol. The molecule has 1 saturated carbocycles. The molecule has 0 amide bonds. The summed E-state index contributed by atoms with van der Waals surface area (Å²) in [6.07, 6.45) is 11.7. The van der Waals surface area contributed by atoms with E-state index in [4.69, 9.17) is 4.52 Å². The topological polar surface area (TPSA) is 69.8 Å². The Kier molecular flexibility index (Phi) is 9.17. The van der Waals surface area contributed by atoms with Crippen molar-refractivity contribution < 1.29 is 14.4 Å². The molecule has 0 unspecified atom stereocenters. The number of piperidine rings is 1. The Morgan fingerprint density at radius 1 is 0.902 bits per heavy atom. The Bertz CT molecular complexity index is 1230. The molecule has 1 aliphatic carbocycles. The fourth-order valence-electron chi connectivity index (χ4n) is 7.93. The first-order valence-corrected chi connectivity index (χ1v) is 15.9. The van der Waals surface area contributed by atoms with E-state index in [1.807, 2.05) is 6.26 Å². The predicted octanol–water partition coefficient (Wildman–Crippen LogP) is 6.39. The highest BCUT2D eigenvalue weighted by atomic mass is 16.5. The molecule has 2 saturated heterocycles. The first-order valence-electron chi connectivity index (χ1n) is 15.9. The fraction of sp³-hybridized carbons (Fsp3) is 0.543. The molecule has 1 N–H and O–H groups in total. The zero-order chi connectivity index (χ0) is 28.0. The standard InChI is InChI=1S/C35H45N3O3/c39-35(40)34(29-14-8-3-9-15-29)38-23-31(32(24-38)27-12-6-2-7-13-27)22-37-20-18-28(19-21-37)33-30(25-41-36-33)17-16-26-10-4-1-5-11-26/h1-2,4-7,10-13,25,28-29,31-32,34H,3,8-9,14-24H2,(H,39,40)/t31-,32+,34+/m0/s1. The summed E-state index contributed by atoms with van der Waals surface area (Å²) in [7, 11) is 0. The molecule has 0 radical (unpaired) electrons. The van der Waals surface area contributed by atoms with Gasteiger partial charge in [-0.25, -0.2) is 0 Å². The van der Waals surface area contributed by atoms with Crippen molar-refractivity contribution in [1.82, 2.24) is 15.0 Å². The van der Waals surface area contributed by atoms with Crippen LogP contribution >= 0.6 is 0 Å². The van der Waals surface area contributed by atoms with Crippen LogP contribution in [0, 0.1) is 11.8 Å². The molecule has 41 heavy (non-hydrogen) atoms. The molecule has 218 valence electrons. The molecule has 0 spiro atoms. The number of rotatable bonds is 10. The molecule has 2 aromatic carbocycles. The van der Waals surface area contributed by atoms with Crippen LogP contribution in [0.5, 0.6) is 0 Å².